The van der Waals surface area contributed by atoms with Gasteiger partial charge in [0.15, 0.2) is 0 Å². The van der Waals surface area contributed by atoms with E-state index in [2.05, 4.69) is 21.2 Å². The number of nitrogens with one attached hydrogen (secondary N) is 1. The highest BCUT2D eigenvalue weighted by molar-refractivity contribution is 9.10. The maximum absolute atomic E-state index is 13.7. The van der Waals surface area contributed by atoms with Crippen molar-refractivity contribution >= 4 is 15.9 Å². The quantitative estimate of drug-likeness (QED) is 0.824. The highest BCUT2D eigenvalue weighted by Gasteiger charge is 2.17. The molecule has 0 bridgehead atoms. The van der Waals surface area contributed by atoms with Gasteiger partial charge in [0, 0.05) is 0 Å². The van der Waals surface area contributed by atoms with Gasteiger partial charge in [0.25, 0.3) is 0 Å². The monoisotopic (exact) mass is 289 g/mol. The van der Waals surface area contributed by atoms with E-state index < -0.39 is 0 Å². The first-order valence-electron chi connectivity index (χ1n) is 5.51. The molecule has 0 aliphatic carbocycles. The van der Waals surface area contributed by atoms with Gasteiger partial charge in [-0.15, -0.1) is 0 Å². The number of hydrogen-bond donors (Lipinski definition) is 1. The van der Waals surface area contributed by atoms with Crippen molar-refractivity contribution in [3.63, 3.8) is 0 Å². The van der Waals surface area contributed by atoms with Crippen LogP contribution in [0, 0.1) is 17.6 Å². The third kappa shape index (κ3) is 2.80. The van der Waals surface area contributed by atoms with E-state index >= 15 is 0 Å². The summed E-state index contributed by atoms with van der Waals surface area (Å²) in [6, 6.07) is 2.48. The predicted octanol–water partition coefficient (Wildman–Crippen LogP) is 3.27. The van der Waals surface area contributed by atoms with Gasteiger partial charge in [-0.25, -0.2) is 8.78 Å². The standard InChI is InChI=1S/C12H14BrF2N/c13-11-7-10(14)6-9(12(11)15)5-8-1-3-16-4-2-8/h6-8,16H,1-5H2. The third-order valence-electron chi connectivity index (χ3n) is 3.04. The first kappa shape index (κ1) is 12.0. The van der Waals surface area contributed by atoms with Gasteiger partial charge < -0.3 is 5.32 Å². The Labute approximate surface area is 102 Å². The molecule has 88 valence electrons. The minimum Gasteiger partial charge on any atom is -0.317 e. The first-order chi connectivity index (χ1) is 7.66. The Bertz CT molecular complexity index is 376. The summed E-state index contributed by atoms with van der Waals surface area (Å²) in [5.74, 6) is -0.235. The van der Waals surface area contributed by atoms with Crippen LogP contribution in [0.5, 0.6) is 0 Å². The van der Waals surface area contributed by atoms with Crippen molar-refractivity contribution in [3.8, 4) is 0 Å². The van der Waals surface area contributed by atoms with Crippen molar-refractivity contribution in [2.45, 2.75) is 19.3 Å². The number of benzene rings is 1. The second-order valence-electron chi connectivity index (χ2n) is 4.26. The Balaban J connectivity index is 2.13. The van der Waals surface area contributed by atoms with Gasteiger partial charge in [-0.05, 0) is 71.9 Å². The van der Waals surface area contributed by atoms with Crippen molar-refractivity contribution in [2.24, 2.45) is 5.92 Å². The van der Waals surface area contributed by atoms with Crippen molar-refractivity contribution in [3.05, 3.63) is 33.8 Å². The molecule has 1 nitrogen and oxygen atoms in total. The summed E-state index contributed by atoms with van der Waals surface area (Å²) in [7, 11) is 0. The molecular formula is C12H14BrF2N. The second kappa shape index (κ2) is 5.23. The van der Waals surface area contributed by atoms with Gasteiger partial charge in [-0.1, -0.05) is 0 Å². The Morgan fingerprint density at radius 3 is 2.62 bits per heavy atom. The van der Waals surface area contributed by atoms with Gasteiger partial charge in [0.2, 0.25) is 0 Å². The Morgan fingerprint density at radius 1 is 1.25 bits per heavy atom. The molecule has 2 rings (SSSR count). The van der Waals surface area contributed by atoms with Crippen molar-refractivity contribution in [1.29, 1.82) is 0 Å². The van der Waals surface area contributed by atoms with Crippen LogP contribution >= 0.6 is 15.9 Å². The number of rotatable bonds is 2. The fourth-order valence-corrected chi connectivity index (χ4v) is 2.63. The van der Waals surface area contributed by atoms with Crippen LogP contribution < -0.4 is 5.32 Å². The average molecular weight is 290 g/mol. The predicted molar refractivity (Wildman–Crippen MR) is 63.4 cm³/mol. The lowest BCUT2D eigenvalue weighted by Gasteiger charge is -2.22. The molecule has 0 aromatic heterocycles. The summed E-state index contributed by atoms with van der Waals surface area (Å²) in [5, 5.41) is 3.26. The number of piperidine rings is 1. The van der Waals surface area contributed by atoms with E-state index in [9.17, 15) is 8.78 Å². The second-order valence-corrected chi connectivity index (χ2v) is 5.11. The van der Waals surface area contributed by atoms with Crippen molar-refractivity contribution < 1.29 is 8.78 Å². The highest BCUT2D eigenvalue weighted by atomic mass is 79.9. The lowest BCUT2D eigenvalue weighted by Crippen LogP contribution is -2.28. The molecule has 0 unspecified atom stereocenters. The molecule has 1 N–H and O–H groups in total. The minimum atomic E-state index is -0.378. The Hall–Kier alpha value is -0.480. The molecule has 0 atom stereocenters. The normalized spacial score (nSPS) is 17.7. The molecule has 1 aliphatic heterocycles. The zero-order chi connectivity index (χ0) is 11.5. The van der Waals surface area contributed by atoms with Crippen LogP contribution in [0.2, 0.25) is 0 Å². The van der Waals surface area contributed by atoms with Crippen LogP contribution in [0.25, 0.3) is 0 Å². The van der Waals surface area contributed by atoms with E-state index in [0.29, 0.717) is 17.9 Å². The van der Waals surface area contributed by atoms with E-state index in [1.807, 2.05) is 0 Å². The fourth-order valence-electron chi connectivity index (χ4n) is 2.15. The lowest BCUT2D eigenvalue weighted by molar-refractivity contribution is 0.367. The van der Waals surface area contributed by atoms with E-state index in [1.54, 1.807) is 0 Å². The summed E-state index contributed by atoms with van der Waals surface area (Å²) < 4.78 is 27.1. The first-order valence-corrected chi connectivity index (χ1v) is 6.30. The van der Waals surface area contributed by atoms with Crippen LogP contribution in [0.4, 0.5) is 8.78 Å². The topological polar surface area (TPSA) is 12.0 Å². The summed E-state index contributed by atoms with van der Waals surface area (Å²) >= 11 is 3.03. The largest absolute Gasteiger partial charge is 0.317 e. The molecule has 1 heterocycles. The van der Waals surface area contributed by atoms with Crippen LogP contribution in [0.15, 0.2) is 16.6 Å². The number of halogens is 3. The van der Waals surface area contributed by atoms with Crippen LogP contribution in [-0.2, 0) is 6.42 Å². The number of hydrogen-bond acceptors (Lipinski definition) is 1. The maximum atomic E-state index is 13.7. The summed E-state index contributed by atoms with van der Waals surface area (Å²) in [6.45, 7) is 1.95. The Morgan fingerprint density at radius 2 is 1.94 bits per heavy atom. The summed E-state index contributed by atoms with van der Waals surface area (Å²) in [4.78, 5) is 0. The molecule has 0 spiro atoms. The molecule has 1 saturated heterocycles. The summed E-state index contributed by atoms with van der Waals surface area (Å²) in [6.07, 6.45) is 2.70. The maximum Gasteiger partial charge on any atom is 0.140 e. The van der Waals surface area contributed by atoms with Gasteiger partial charge >= 0.3 is 0 Å². The van der Waals surface area contributed by atoms with Gasteiger partial charge in [0.1, 0.15) is 11.6 Å². The summed E-state index contributed by atoms with van der Waals surface area (Å²) in [5.41, 5.74) is 0.485. The van der Waals surface area contributed by atoms with E-state index in [1.165, 1.54) is 12.1 Å². The van der Waals surface area contributed by atoms with E-state index in [4.69, 9.17) is 0 Å². The fraction of sp³-hybridized carbons (Fsp3) is 0.500. The third-order valence-corrected chi connectivity index (χ3v) is 3.61. The molecule has 1 aliphatic rings. The SMILES string of the molecule is Fc1cc(Br)c(F)c(CC2CCNCC2)c1. The van der Waals surface area contributed by atoms with Crippen LogP contribution in [0.3, 0.4) is 0 Å². The molecule has 1 aromatic carbocycles. The molecule has 16 heavy (non-hydrogen) atoms. The van der Waals surface area contributed by atoms with Gasteiger partial charge in [-0.2, -0.15) is 0 Å². The van der Waals surface area contributed by atoms with E-state index in [-0.39, 0.29) is 16.1 Å². The molecule has 1 aromatic rings. The molecule has 1 fully saturated rings. The zero-order valence-electron chi connectivity index (χ0n) is 8.90. The van der Waals surface area contributed by atoms with Crippen molar-refractivity contribution in [1.82, 2.24) is 5.32 Å². The van der Waals surface area contributed by atoms with Gasteiger partial charge in [-0.3, -0.25) is 0 Å². The average Bonchev–Trinajstić information content (AvgIpc) is 2.27. The Kier molecular flexibility index (Phi) is 3.92. The van der Waals surface area contributed by atoms with Gasteiger partial charge in [0.05, 0.1) is 4.47 Å². The smallest absolute Gasteiger partial charge is 0.140 e. The van der Waals surface area contributed by atoms with Crippen molar-refractivity contribution in [2.75, 3.05) is 13.1 Å². The van der Waals surface area contributed by atoms with Crippen LogP contribution in [0.1, 0.15) is 18.4 Å². The van der Waals surface area contributed by atoms with E-state index in [0.717, 1.165) is 25.9 Å². The molecule has 0 radical (unpaired) electrons. The molecule has 0 saturated carbocycles. The molecule has 0 amide bonds. The zero-order valence-corrected chi connectivity index (χ0v) is 10.5. The highest BCUT2D eigenvalue weighted by Crippen LogP contribution is 2.25. The molecular weight excluding hydrogens is 276 g/mol. The molecule has 4 heteroatoms. The lowest BCUT2D eigenvalue weighted by atomic mass is 9.91. The van der Waals surface area contributed by atoms with Crippen LogP contribution in [-0.4, -0.2) is 13.1 Å². The minimum absolute atomic E-state index is 0.219.